The zero-order valence-corrected chi connectivity index (χ0v) is 19.3. The van der Waals surface area contributed by atoms with Gasteiger partial charge in [0.05, 0.1) is 0 Å². The van der Waals surface area contributed by atoms with E-state index in [1.807, 2.05) is 79.4 Å². The van der Waals surface area contributed by atoms with Gasteiger partial charge in [0.15, 0.2) is 6.61 Å². The normalized spacial score (nSPS) is 14.0. The van der Waals surface area contributed by atoms with Crippen LogP contribution in [0.5, 0.6) is 5.75 Å². The third kappa shape index (κ3) is 5.61. The van der Waals surface area contributed by atoms with Gasteiger partial charge in [-0.2, -0.15) is 0 Å². The Morgan fingerprint density at radius 3 is 2.15 bits per heavy atom. The SMILES string of the molecule is Cc1ccc(OCC(=O)N2CCCN(C(=O)c3ccc(-c4ccccc4)cc3)CC2)cc1C. The van der Waals surface area contributed by atoms with Crippen LogP contribution in [0.1, 0.15) is 27.9 Å². The van der Waals surface area contributed by atoms with Crippen LogP contribution in [-0.2, 0) is 4.79 Å². The van der Waals surface area contributed by atoms with Gasteiger partial charge in [-0.1, -0.05) is 48.5 Å². The number of carbonyl (C=O) groups is 2. The second-order valence-corrected chi connectivity index (χ2v) is 8.50. The second kappa shape index (κ2) is 10.3. The molecule has 1 aliphatic heterocycles. The molecule has 0 atom stereocenters. The molecule has 3 aromatic carbocycles. The number of amides is 2. The minimum atomic E-state index is -0.0465. The molecule has 3 aromatic rings. The highest BCUT2D eigenvalue weighted by Crippen LogP contribution is 2.20. The first-order chi connectivity index (χ1) is 16.0. The van der Waals surface area contributed by atoms with Gasteiger partial charge in [-0.15, -0.1) is 0 Å². The zero-order valence-electron chi connectivity index (χ0n) is 19.3. The molecule has 170 valence electrons. The van der Waals surface area contributed by atoms with Crippen molar-refractivity contribution in [3.63, 3.8) is 0 Å². The molecule has 0 bridgehead atoms. The number of nitrogens with zero attached hydrogens (tertiary/aromatic N) is 2. The van der Waals surface area contributed by atoms with Gasteiger partial charge in [-0.3, -0.25) is 9.59 Å². The van der Waals surface area contributed by atoms with Gasteiger partial charge in [-0.25, -0.2) is 0 Å². The standard InChI is InChI=1S/C28H30N2O3/c1-21-9-14-26(19-22(21)2)33-20-27(31)29-15-6-16-30(18-17-29)28(32)25-12-10-24(11-13-25)23-7-4-3-5-8-23/h3-5,7-14,19H,6,15-18,20H2,1-2H3. The van der Waals surface area contributed by atoms with Crippen molar-refractivity contribution in [2.24, 2.45) is 0 Å². The van der Waals surface area contributed by atoms with E-state index >= 15 is 0 Å². The summed E-state index contributed by atoms with van der Waals surface area (Å²) < 4.78 is 5.72. The molecule has 0 radical (unpaired) electrons. The summed E-state index contributed by atoms with van der Waals surface area (Å²) in [4.78, 5) is 29.4. The van der Waals surface area contributed by atoms with E-state index in [9.17, 15) is 9.59 Å². The molecule has 5 heteroatoms. The van der Waals surface area contributed by atoms with Crippen LogP contribution in [0.15, 0.2) is 72.8 Å². The van der Waals surface area contributed by atoms with Crippen molar-refractivity contribution >= 4 is 11.8 Å². The molecular weight excluding hydrogens is 412 g/mol. The molecule has 0 N–H and O–H groups in total. The van der Waals surface area contributed by atoms with Crippen molar-refractivity contribution < 1.29 is 14.3 Å². The molecule has 0 aliphatic carbocycles. The van der Waals surface area contributed by atoms with Crippen LogP contribution in [0.4, 0.5) is 0 Å². The number of benzene rings is 3. The van der Waals surface area contributed by atoms with Crippen molar-refractivity contribution in [1.82, 2.24) is 9.80 Å². The average Bonchev–Trinajstić information content (AvgIpc) is 3.11. The smallest absolute Gasteiger partial charge is 0.260 e. The number of hydrogen-bond acceptors (Lipinski definition) is 3. The molecule has 5 nitrogen and oxygen atoms in total. The summed E-state index contributed by atoms with van der Waals surface area (Å²) in [6.45, 7) is 6.40. The van der Waals surface area contributed by atoms with Crippen molar-refractivity contribution in [2.45, 2.75) is 20.3 Å². The van der Waals surface area contributed by atoms with Crippen LogP contribution < -0.4 is 4.74 Å². The van der Waals surface area contributed by atoms with E-state index in [0.29, 0.717) is 37.5 Å². The van der Waals surface area contributed by atoms with Crippen molar-refractivity contribution in [3.05, 3.63) is 89.5 Å². The summed E-state index contributed by atoms with van der Waals surface area (Å²) >= 11 is 0. The Labute approximate surface area is 195 Å². The van der Waals surface area contributed by atoms with Gasteiger partial charge < -0.3 is 14.5 Å². The summed E-state index contributed by atoms with van der Waals surface area (Å²) in [6.07, 6.45) is 0.753. The minimum Gasteiger partial charge on any atom is -0.484 e. The lowest BCUT2D eigenvalue weighted by Gasteiger charge is -2.22. The summed E-state index contributed by atoms with van der Waals surface area (Å²) in [5, 5.41) is 0. The zero-order chi connectivity index (χ0) is 23.2. The number of rotatable bonds is 5. The van der Waals surface area contributed by atoms with E-state index in [4.69, 9.17) is 4.74 Å². The summed E-state index contributed by atoms with van der Waals surface area (Å²) in [7, 11) is 0. The van der Waals surface area contributed by atoms with Gasteiger partial charge in [-0.05, 0) is 66.8 Å². The quantitative estimate of drug-likeness (QED) is 0.574. The van der Waals surface area contributed by atoms with E-state index in [1.54, 1.807) is 4.90 Å². The molecule has 1 heterocycles. The summed E-state index contributed by atoms with van der Waals surface area (Å²) in [5.74, 6) is 0.669. The first-order valence-electron chi connectivity index (χ1n) is 11.4. The summed E-state index contributed by atoms with van der Waals surface area (Å²) in [6, 6.07) is 23.7. The van der Waals surface area contributed by atoms with E-state index in [1.165, 1.54) is 5.56 Å². The Hall–Kier alpha value is -3.60. The predicted molar refractivity (Wildman–Crippen MR) is 130 cm³/mol. The molecule has 4 rings (SSSR count). The molecule has 0 unspecified atom stereocenters. The Morgan fingerprint density at radius 2 is 1.42 bits per heavy atom. The van der Waals surface area contributed by atoms with Crippen LogP contribution in [0, 0.1) is 13.8 Å². The van der Waals surface area contributed by atoms with Crippen molar-refractivity contribution in [3.8, 4) is 16.9 Å². The lowest BCUT2D eigenvalue weighted by atomic mass is 10.0. The van der Waals surface area contributed by atoms with Gasteiger partial charge in [0.2, 0.25) is 0 Å². The van der Waals surface area contributed by atoms with E-state index in [-0.39, 0.29) is 18.4 Å². The Bertz CT molecular complexity index is 1110. The van der Waals surface area contributed by atoms with E-state index in [2.05, 4.69) is 12.1 Å². The first-order valence-corrected chi connectivity index (χ1v) is 11.4. The summed E-state index contributed by atoms with van der Waals surface area (Å²) in [5.41, 5.74) is 5.22. The van der Waals surface area contributed by atoms with E-state index in [0.717, 1.165) is 23.1 Å². The van der Waals surface area contributed by atoms with Gasteiger partial charge in [0.1, 0.15) is 5.75 Å². The maximum atomic E-state index is 13.0. The van der Waals surface area contributed by atoms with Crippen LogP contribution in [0.2, 0.25) is 0 Å². The Balaban J connectivity index is 1.32. The van der Waals surface area contributed by atoms with E-state index < -0.39 is 0 Å². The average molecular weight is 443 g/mol. The third-order valence-corrected chi connectivity index (χ3v) is 6.22. The number of aryl methyl sites for hydroxylation is 2. The molecule has 1 fully saturated rings. The second-order valence-electron chi connectivity index (χ2n) is 8.50. The molecule has 2 amide bonds. The third-order valence-electron chi connectivity index (χ3n) is 6.22. The first kappa shape index (κ1) is 22.6. The van der Waals surface area contributed by atoms with Gasteiger partial charge in [0.25, 0.3) is 11.8 Å². The maximum absolute atomic E-state index is 13.0. The topological polar surface area (TPSA) is 49.9 Å². The number of hydrogen-bond donors (Lipinski definition) is 0. The fourth-order valence-corrected chi connectivity index (χ4v) is 4.03. The van der Waals surface area contributed by atoms with Crippen LogP contribution in [0.3, 0.4) is 0 Å². The lowest BCUT2D eigenvalue weighted by molar-refractivity contribution is -0.133. The van der Waals surface area contributed by atoms with Gasteiger partial charge >= 0.3 is 0 Å². The predicted octanol–water partition coefficient (Wildman–Crippen LogP) is 4.72. The van der Waals surface area contributed by atoms with Crippen LogP contribution in [-0.4, -0.2) is 54.4 Å². The molecule has 1 saturated heterocycles. The molecule has 0 saturated carbocycles. The Kier molecular flexibility index (Phi) is 7.08. The van der Waals surface area contributed by atoms with Crippen molar-refractivity contribution in [1.29, 1.82) is 0 Å². The van der Waals surface area contributed by atoms with Crippen LogP contribution >= 0.6 is 0 Å². The number of ether oxygens (including phenoxy) is 1. The number of carbonyl (C=O) groups excluding carboxylic acids is 2. The largest absolute Gasteiger partial charge is 0.484 e. The molecular formula is C28H30N2O3. The fourth-order valence-electron chi connectivity index (χ4n) is 4.03. The highest BCUT2D eigenvalue weighted by Gasteiger charge is 2.23. The Morgan fingerprint density at radius 1 is 0.758 bits per heavy atom. The highest BCUT2D eigenvalue weighted by atomic mass is 16.5. The molecule has 0 aromatic heterocycles. The van der Waals surface area contributed by atoms with Crippen molar-refractivity contribution in [2.75, 3.05) is 32.8 Å². The molecule has 0 spiro atoms. The fraction of sp³-hybridized carbons (Fsp3) is 0.286. The van der Waals surface area contributed by atoms with Crippen LogP contribution in [0.25, 0.3) is 11.1 Å². The monoisotopic (exact) mass is 442 g/mol. The molecule has 33 heavy (non-hydrogen) atoms. The maximum Gasteiger partial charge on any atom is 0.260 e. The highest BCUT2D eigenvalue weighted by molar-refractivity contribution is 5.94. The minimum absolute atomic E-state index is 0.00953. The molecule has 1 aliphatic rings. The van der Waals surface area contributed by atoms with Gasteiger partial charge in [0, 0.05) is 31.7 Å². The lowest BCUT2D eigenvalue weighted by Crippen LogP contribution is -2.39.